The summed E-state index contributed by atoms with van der Waals surface area (Å²) in [6.07, 6.45) is -3.51. The van der Waals surface area contributed by atoms with Gasteiger partial charge in [-0.1, -0.05) is 41.8 Å². The van der Waals surface area contributed by atoms with Crippen LogP contribution in [0.5, 0.6) is 0 Å². The fourth-order valence-electron chi connectivity index (χ4n) is 2.08. The summed E-state index contributed by atoms with van der Waals surface area (Å²) in [5, 5.41) is 1.92. The molecule has 3 aromatic rings. The van der Waals surface area contributed by atoms with Gasteiger partial charge in [-0.3, -0.25) is 0 Å². The molecule has 0 aliphatic heterocycles. The number of aromatic nitrogens is 1. The van der Waals surface area contributed by atoms with E-state index in [1.165, 1.54) is 6.07 Å². The number of nitrogens with zero attached hydrogens (tertiary/aromatic N) is 1. The molecule has 100 valence electrons. The molecule has 0 radical (unpaired) electrons. The monoisotopic (exact) mass is 272 g/mol. The van der Waals surface area contributed by atoms with Gasteiger partial charge in [0.1, 0.15) is 0 Å². The summed E-state index contributed by atoms with van der Waals surface area (Å²) in [6, 6.07) is 16.7. The lowest BCUT2D eigenvalue weighted by molar-refractivity contribution is -0.137. The van der Waals surface area contributed by atoms with Gasteiger partial charge < -0.3 is 4.98 Å². The Morgan fingerprint density at radius 2 is 1.75 bits per heavy atom. The number of hydrogen-bond donors (Lipinski definition) is 0. The van der Waals surface area contributed by atoms with Gasteiger partial charge in [0.2, 0.25) is 0 Å². The predicted octanol–water partition coefficient (Wildman–Crippen LogP) is 4.72. The zero-order valence-corrected chi connectivity index (χ0v) is 10.3. The molecule has 0 aliphatic carbocycles. The zero-order valence-electron chi connectivity index (χ0n) is 10.3. The first kappa shape index (κ1) is 12.7. The molecule has 2 aromatic carbocycles. The molecule has 0 amide bonds. The number of hydrogen-bond acceptors (Lipinski definition) is 1. The van der Waals surface area contributed by atoms with Crippen molar-refractivity contribution in [3.8, 4) is 11.3 Å². The molecule has 3 rings (SSSR count). The van der Waals surface area contributed by atoms with E-state index in [9.17, 15) is 13.2 Å². The number of alkyl halides is 3. The second-order valence-corrected chi connectivity index (χ2v) is 4.37. The summed E-state index contributed by atoms with van der Waals surface area (Å²) < 4.78 is 37.6. The van der Waals surface area contributed by atoms with Crippen LogP contribution in [0, 0.1) is 6.07 Å². The smallest absolute Gasteiger partial charge is 0.304 e. The zero-order chi connectivity index (χ0) is 14.2. The summed E-state index contributed by atoms with van der Waals surface area (Å²) in [5.41, 5.74) is 0.438. The van der Waals surface area contributed by atoms with Crippen molar-refractivity contribution in [1.82, 2.24) is 4.98 Å². The van der Waals surface area contributed by atoms with Gasteiger partial charge in [0.15, 0.2) is 0 Å². The minimum atomic E-state index is -4.37. The molecule has 0 aliphatic rings. The highest BCUT2D eigenvalue weighted by atomic mass is 19.4. The lowest BCUT2D eigenvalue weighted by Gasteiger charge is -2.14. The molecule has 0 fully saturated rings. The molecule has 0 N–H and O–H groups in total. The van der Waals surface area contributed by atoms with Crippen LogP contribution in [0.1, 0.15) is 5.56 Å². The van der Waals surface area contributed by atoms with Crippen molar-refractivity contribution < 1.29 is 13.2 Å². The van der Waals surface area contributed by atoms with Crippen LogP contribution in [-0.4, -0.2) is 4.98 Å². The maximum absolute atomic E-state index is 12.5. The number of halogens is 3. The second kappa shape index (κ2) is 4.63. The maximum Gasteiger partial charge on any atom is 0.417 e. The van der Waals surface area contributed by atoms with Gasteiger partial charge >= 0.3 is 6.18 Å². The van der Waals surface area contributed by atoms with E-state index < -0.39 is 11.7 Å². The highest BCUT2D eigenvalue weighted by Crippen LogP contribution is 2.31. The van der Waals surface area contributed by atoms with Crippen LogP contribution in [-0.2, 0) is 6.18 Å². The molecule has 1 nitrogen and oxygen atoms in total. The molecule has 1 heterocycles. The Balaban J connectivity index is 2.12. The van der Waals surface area contributed by atoms with Gasteiger partial charge in [0.25, 0.3) is 0 Å². The topological polar surface area (TPSA) is 12.9 Å². The van der Waals surface area contributed by atoms with Crippen molar-refractivity contribution in [3.05, 3.63) is 66.4 Å². The van der Waals surface area contributed by atoms with Crippen LogP contribution in [0.4, 0.5) is 13.2 Å². The minimum Gasteiger partial charge on any atom is -0.304 e. The summed E-state index contributed by atoms with van der Waals surface area (Å²) in [7, 11) is 0. The van der Waals surface area contributed by atoms with E-state index in [4.69, 9.17) is 0 Å². The number of rotatable bonds is 1. The molecule has 0 saturated carbocycles. The van der Waals surface area contributed by atoms with Gasteiger partial charge in [0, 0.05) is 6.20 Å². The highest BCUT2D eigenvalue weighted by Gasteiger charge is 2.30. The predicted molar refractivity (Wildman–Crippen MR) is 71.0 cm³/mol. The summed E-state index contributed by atoms with van der Waals surface area (Å²) in [4.78, 5) is 3.91. The van der Waals surface area contributed by atoms with Crippen molar-refractivity contribution >= 4 is 10.8 Å². The van der Waals surface area contributed by atoms with Crippen molar-refractivity contribution in [1.29, 1.82) is 0 Å². The lowest BCUT2D eigenvalue weighted by Crippen LogP contribution is -2.05. The number of benzene rings is 2. The van der Waals surface area contributed by atoms with E-state index in [0.717, 1.165) is 23.0 Å². The Hall–Kier alpha value is -2.36. The molecule has 0 bridgehead atoms. The Morgan fingerprint density at radius 1 is 0.950 bits per heavy atom. The third-order valence-electron chi connectivity index (χ3n) is 3.07. The molecule has 0 spiro atoms. The van der Waals surface area contributed by atoms with E-state index in [1.807, 2.05) is 30.3 Å². The summed E-state index contributed by atoms with van der Waals surface area (Å²) >= 11 is 0. The van der Waals surface area contributed by atoms with Crippen LogP contribution >= 0.6 is 0 Å². The standard InChI is InChI=1S/C16H9F3N/c17-16(18,19)12-8-9-15(20-10-12)14-7-3-5-11-4-1-2-6-13(11)14/h1-6,8-10H/q-1. The van der Waals surface area contributed by atoms with Crippen LogP contribution in [0.15, 0.2) is 54.7 Å². The Kier molecular flexibility index (Phi) is 2.93. The molecule has 1 aromatic heterocycles. The van der Waals surface area contributed by atoms with Crippen LogP contribution in [0.25, 0.3) is 22.0 Å². The van der Waals surface area contributed by atoms with Gasteiger partial charge in [-0.05, 0) is 5.69 Å². The van der Waals surface area contributed by atoms with Gasteiger partial charge in [-0.15, -0.1) is 29.1 Å². The first-order chi connectivity index (χ1) is 9.55. The highest BCUT2D eigenvalue weighted by molar-refractivity contribution is 5.95. The summed E-state index contributed by atoms with van der Waals surface area (Å²) in [6.45, 7) is 0. The normalized spacial score (nSPS) is 11.8. The molecular weight excluding hydrogens is 263 g/mol. The van der Waals surface area contributed by atoms with E-state index in [2.05, 4.69) is 11.1 Å². The number of pyridine rings is 1. The quantitative estimate of drug-likeness (QED) is 0.584. The van der Waals surface area contributed by atoms with E-state index in [-0.39, 0.29) is 0 Å². The maximum atomic E-state index is 12.5. The molecule has 0 unspecified atom stereocenters. The summed E-state index contributed by atoms with van der Waals surface area (Å²) in [5.74, 6) is 0. The van der Waals surface area contributed by atoms with Gasteiger partial charge in [-0.2, -0.15) is 13.2 Å². The average molecular weight is 272 g/mol. The molecule has 0 atom stereocenters. The van der Waals surface area contributed by atoms with E-state index in [0.29, 0.717) is 11.3 Å². The molecule has 20 heavy (non-hydrogen) atoms. The lowest BCUT2D eigenvalue weighted by atomic mass is 10.0. The van der Waals surface area contributed by atoms with Crippen LogP contribution in [0.3, 0.4) is 0 Å². The Labute approximate surface area is 113 Å². The minimum absolute atomic E-state index is 0.481. The number of fused-ring (bicyclic) bond motifs is 1. The van der Waals surface area contributed by atoms with E-state index >= 15 is 0 Å². The molecule has 4 heteroatoms. The molecular formula is C16H9F3N-. The van der Waals surface area contributed by atoms with Crippen LogP contribution in [0.2, 0.25) is 0 Å². The van der Waals surface area contributed by atoms with Crippen molar-refractivity contribution in [2.24, 2.45) is 0 Å². The van der Waals surface area contributed by atoms with Crippen molar-refractivity contribution in [3.63, 3.8) is 0 Å². The molecule has 0 saturated heterocycles. The fourth-order valence-corrected chi connectivity index (χ4v) is 2.08. The largest absolute Gasteiger partial charge is 0.417 e. The Morgan fingerprint density at radius 3 is 2.45 bits per heavy atom. The van der Waals surface area contributed by atoms with Crippen LogP contribution < -0.4 is 0 Å². The average Bonchev–Trinajstić information content (AvgIpc) is 2.46. The van der Waals surface area contributed by atoms with Crippen molar-refractivity contribution in [2.45, 2.75) is 6.18 Å². The van der Waals surface area contributed by atoms with E-state index in [1.54, 1.807) is 6.07 Å². The SMILES string of the molecule is FC(F)(F)c1ccc(-c2[c-]ccc3ccccc23)nc1. The van der Waals surface area contributed by atoms with Crippen molar-refractivity contribution in [2.75, 3.05) is 0 Å². The first-order valence-corrected chi connectivity index (χ1v) is 5.99. The third-order valence-corrected chi connectivity index (χ3v) is 3.07. The third kappa shape index (κ3) is 2.25. The second-order valence-electron chi connectivity index (χ2n) is 4.37. The first-order valence-electron chi connectivity index (χ1n) is 5.99. The van der Waals surface area contributed by atoms with Gasteiger partial charge in [-0.25, -0.2) is 0 Å². The van der Waals surface area contributed by atoms with Gasteiger partial charge in [0.05, 0.1) is 5.56 Å². The Bertz CT molecular complexity index is 740. The fraction of sp³-hybridized carbons (Fsp3) is 0.0625.